The molecule has 0 saturated carbocycles. The first-order valence-electron chi connectivity index (χ1n) is 8.43. The van der Waals surface area contributed by atoms with E-state index in [9.17, 15) is 23.1 Å². The number of aryl methyl sites for hydroxylation is 1. The molecule has 1 fully saturated rings. The van der Waals surface area contributed by atoms with Crippen molar-refractivity contribution in [3.8, 4) is 6.07 Å². The third kappa shape index (κ3) is 3.77. The van der Waals surface area contributed by atoms with Gasteiger partial charge in [0.1, 0.15) is 0 Å². The number of carboxylic acid groups (broad SMARTS) is 1. The second-order valence-corrected chi connectivity index (χ2v) is 9.44. The Bertz CT molecular complexity index is 1090. The van der Waals surface area contributed by atoms with Crippen LogP contribution in [0.1, 0.15) is 43.3 Å². The number of sulfonamides is 1. The number of rotatable bonds is 5. The molecule has 3 rings (SSSR count). The minimum Gasteiger partial charge on any atom is -0.478 e. The minimum absolute atomic E-state index is 0.0338. The van der Waals surface area contributed by atoms with Gasteiger partial charge in [0.2, 0.25) is 10.0 Å². The van der Waals surface area contributed by atoms with Crippen molar-refractivity contribution in [1.82, 2.24) is 4.31 Å². The average Bonchev–Trinajstić information content (AvgIpc) is 3.32. The highest BCUT2D eigenvalue weighted by Crippen LogP contribution is 2.30. The molecule has 1 aromatic carbocycles. The molecule has 28 heavy (non-hydrogen) atoms. The Morgan fingerprint density at radius 1 is 1.25 bits per heavy atom. The van der Waals surface area contributed by atoms with Gasteiger partial charge in [0.15, 0.2) is 0 Å². The number of nitriles is 1. The van der Waals surface area contributed by atoms with Crippen molar-refractivity contribution in [2.75, 3.05) is 18.4 Å². The van der Waals surface area contributed by atoms with Gasteiger partial charge in [0.25, 0.3) is 5.91 Å². The van der Waals surface area contributed by atoms with Gasteiger partial charge >= 0.3 is 5.97 Å². The third-order valence-corrected chi connectivity index (χ3v) is 7.61. The molecule has 2 heterocycles. The van der Waals surface area contributed by atoms with Crippen LogP contribution in [0.3, 0.4) is 0 Å². The molecule has 2 aromatic rings. The number of hydrogen-bond acceptors (Lipinski definition) is 6. The van der Waals surface area contributed by atoms with E-state index in [2.05, 4.69) is 5.32 Å². The molecule has 1 amide bonds. The summed E-state index contributed by atoms with van der Waals surface area (Å²) < 4.78 is 26.9. The number of anilines is 1. The van der Waals surface area contributed by atoms with Crippen LogP contribution in [0.2, 0.25) is 0 Å². The smallest absolute Gasteiger partial charge is 0.337 e. The third-order valence-electron chi connectivity index (χ3n) is 4.41. The highest BCUT2D eigenvalue weighted by Gasteiger charge is 2.30. The molecule has 1 aromatic heterocycles. The van der Waals surface area contributed by atoms with E-state index in [1.807, 2.05) is 6.07 Å². The molecule has 0 unspecified atom stereocenters. The maximum Gasteiger partial charge on any atom is 0.337 e. The normalized spacial score (nSPS) is 14.6. The van der Waals surface area contributed by atoms with E-state index in [4.69, 9.17) is 5.26 Å². The van der Waals surface area contributed by atoms with E-state index in [0.29, 0.717) is 18.0 Å². The molecule has 1 saturated heterocycles. The van der Waals surface area contributed by atoms with Crippen LogP contribution in [0.25, 0.3) is 0 Å². The van der Waals surface area contributed by atoms with Gasteiger partial charge in [0.05, 0.1) is 32.7 Å². The lowest BCUT2D eigenvalue weighted by molar-refractivity contribution is 0.0698. The van der Waals surface area contributed by atoms with Crippen molar-refractivity contribution >= 4 is 38.9 Å². The van der Waals surface area contributed by atoms with Gasteiger partial charge in [-0.25, -0.2) is 13.2 Å². The van der Waals surface area contributed by atoms with E-state index in [1.165, 1.54) is 28.6 Å². The fourth-order valence-electron chi connectivity index (χ4n) is 2.98. The first-order valence-corrected chi connectivity index (χ1v) is 10.7. The predicted molar refractivity (Wildman–Crippen MR) is 103 cm³/mol. The van der Waals surface area contributed by atoms with E-state index in [1.54, 1.807) is 6.92 Å². The molecule has 0 spiro atoms. The number of benzene rings is 1. The highest BCUT2D eigenvalue weighted by atomic mass is 32.2. The van der Waals surface area contributed by atoms with Crippen LogP contribution in [-0.4, -0.2) is 42.8 Å². The molecule has 146 valence electrons. The summed E-state index contributed by atoms with van der Waals surface area (Å²) in [6, 6.07) is 7.07. The molecular weight excluding hydrogens is 402 g/mol. The number of amides is 1. The lowest BCUT2D eigenvalue weighted by Crippen LogP contribution is -2.28. The SMILES string of the molecule is Cc1sc(C(=O)Nc2ccc(C#N)cc2C(=O)O)cc1S(=O)(=O)N1CCCC1. The number of hydrogen-bond donors (Lipinski definition) is 2. The summed E-state index contributed by atoms with van der Waals surface area (Å²) in [6.45, 7) is 2.56. The fraction of sp³-hybridized carbons (Fsp3) is 0.278. The molecule has 1 aliphatic heterocycles. The Morgan fingerprint density at radius 2 is 1.93 bits per heavy atom. The van der Waals surface area contributed by atoms with Crippen LogP contribution in [-0.2, 0) is 10.0 Å². The molecule has 0 atom stereocenters. The van der Waals surface area contributed by atoms with Gasteiger partial charge in [-0.05, 0) is 44.0 Å². The summed E-state index contributed by atoms with van der Waals surface area (Å²) in [5.74, 6) is -1.89. The molecule has 2 N–H and O–H groups in total. The van der Waals surface area contributed by atoms with Crippen molar-refractivity contribution < 1.29 is 23.1 Å². The van der Waals surface area contributed by atoms with Gasteiger partial charge in [-0.15, -0.1) is 11.3 Å². The largest absolute Gasteiger partial charge is 0.478 e. The molecule has 10 heteroatoms. The quantitative estimate of drug-likeness (QED) is 0.767. The van der Waals surface area contributed by atoms with Crippen molar-refractivity contribution in [3.05, 3.63) is 45.1 Å². The molecular formula is C18H17N3O5S2. The van der Waals surface area contributed by atoms with Crippen molar-refractivity contribution in [3.63, 3.8) is 0 Å². The Labute approximate surface area is 166 Å². The lowest BCUT2D eigenvalue weighted by atomic mass is 10.1. The van der Waals surface area contributed by atoms with Gasteiger partial charge in [-0.2, -0.15) is 9.57 Å². The van der Waals surface area contributed by atoms with Crippen molar-refractivity contribution in [2.24, 2.45) is 0 Å². The number of aromatic carboxylic acids is 1. The zero-order valence-electron chi connectivity index (χ0n) is 14.9. The maximum absolute atomic E-state index is 12.8. The van der Waals surface area contributed by atoms with Crippen molar-refractivity contribution in [1.29, 1.82) is 5.26 Å². The zero-order chi connectivity index (χ0) is 20.5. The number of thiophene rings is 1. The van der Waals surface area contributed by atoms with Crippen molar-refractivity contribution in [2.45, 2.75) is 24.7 Å². The van der Waals surface area contributed by atoms with E-state index in [-0.39, 0.29) is 26.6 Å². The first kappa shape index (κ1) is 20.0. The summed E-state index contributed by atoms with van der Waals surface area (Å²) in [4.78, 5) is 24.8. The molecule has 1 aliphatic rings. The summed E-state index contributed by atoms with van der Waals surface area (Å²) in [5, 5.41) is 20.7. The van der Waals surface area contributed by atoms with Gasteiger partial charge < -0.3 is 10.4 Å². The summed E-state index contributed by atoms with van der Waals surface area (Å²) >= 11 is 1.03. The number of nitrogens with one attached hydrogen (secondary N) is 1. The standard InChI is InChI=1S/C18H17N3O5S2/c1-11-16(28(25,26)21-6-2-3-7-21)9-15(27-11)17(22)20-14-5-4-12(10-19)8-13(14)18(23)24/h4-5,8-9H,2-3,6-7H2,1H3,(H,20,22)(H,23,24). The topological polar surface area (TPSA) is 128 Å². The van der Waals surface area contributed by atoms with Gasteiger partial charge in [0, 0.05) is 18.0 Å². The first-order chi connectivity index (χ1) is 13.2. The summed E-state index contributed by atoms with van der Waals surface area (Å²) in [6.07, 6.45) is 1.62. The van der Waals surface area contributed by atoms with Crippen LogP contribution >= 0.6 is 11.3 Å². The fourth-order valence-corrected chi connectivity index (χ4v) is 5.96. The van der Waals surface area contributed by atoms with Crippen LogP contribution in [0.5, 0.6) is 0 Å². The van der Waals surface area contributed by atoms with Gasteiger partial charge in [-0.1, -0.05) is 0 Å². The van der Waals surface area contributed by atoms with E-state index >= 15 is 0 Å². The summed E-state index contributed by atoms with van der Waals surface area (Å²) in [5.41, 5.74) is -0.0292. The van der Waals surface area contributed by atoms with E-state index in [0.717, 1.165) is 24.2 Å². The Hall–Kier alpha value is -2.74. The minimum atomic E-state index is -3.65. The Balaban J connectivity index is 1.89. The average molecular weight is 419 g/mol. The zero-order valence-corrected chi connectivity index (χ0v) is 16.6. The number of carbonyl (C=O) groups excluding carboxylic acids is 1. The number of carboxylic acids is 1. The highest BCUT2D eigenvalue weighted by molar-refractivity contribution is 7.89. The van der Waals surface area contributed by atoms with Gasteiger partial charge in [-0.3, -0.25) is 4.79 Å². The number of nitrogens with zero attached hydrogens (tertiary/aromatic N) is 2. The molecule has 0 bridgehead atoms. The van der Waals surface area contributed by atoms with Crippen LogP contribution in [0, 0.1) is 18.3 Å². The number of carbonyl (C=O) groups is 2. The van der Waals surface area contributed by atoms with Crippen LogP contribution in [0.4, 0.5) is 5.69 Å². The Kier molecular flexibility index (Phi) is 5.51. The Morgan fingerprint density at radius 3 is 2.54 bits per heavy atom. The summed E-state index contributed by atoms with van der Waals surface area (Å²) in [7, 11) is -3.65. The van der Waals surface area contributed by atoms with Crippen LogP contribution < -0.4 is 5.32 Å². The molecule has 8 nitrogen and oxygen atoms in total. The lowest BCUT2D eigenvalue weighted by Gasteiger charge is -2.14. The monoisotopic (exact) mass is 419 g/mol. The second kappa shape index (κ2) is 7.71. The molecule has 0 aliphatic carbocycles. The second-order valence-electron chi connectivity index (χ2n) is 6.27. The molecule has 0 radical (unpaired) electrons. The van der Waals surface area contributed by atoms with E-state index < -0.39 is 21.9 Å². The predicted octanol–water partition coefficient (Wildman–Crippen LogP) is 2.66. The maximum atomic E-state index is 12.8. The van der Waals surface area contributed by atoms with Crippen LogP contribution in [0.15, 0.2) is 29.2 Å².